The van der Waals surface area contributed by atoms with Crippen LogP contribution < -0.4 is 10.1 Å². The highest BCUT2D eigenvalue weighted by Crippen LogP contribution is 2.29. The van der Waals surface area contributed by atoms with Crippen LogP contribution in [0.15, 0.2) is 18.2 Å². The van der Waals surface area contributed by atoms with Crippen LogP contribution in [0.4, 0.5) is 14.5 Å². The number of benzene rings is 1. The summed E-state index contributed by atoms with van der Waals surface area (Å²) in [6.45, 7) is 0.630. The average Bonchev–Trinajstić information content (AvgIpc) is 2.31. The van der Waals surface area contributed by atoms with Gasteiger partial charge in [-0.25, -0.2) is 0 Å². The first-order valence-corrected chi connectivity index (χ1v) is 6.39. The molecule has 1 aromatic carbocycles. The molecule has 0 heterocycles. The van der Waals surface area contributed by atoms with Crippen molar-refractivity contribution in [1.82, 2.24) is 0 Å². The molecule has 0 radical (unpaired) electrons. The van der Waals surface area contributed by atoms with E-state index in [1.807, 2.05) is 0 Å². The Kier molecular flexibility index (Phi) is 6.16. The minimum absolute atomic E-state index is 0.0347. The third-order valence-electron chi connectivity index (χ3n) is 2.60. The number of aliphatic hydroxyl groups is 1. The zero-order valence-electron chi connectivity index (χ0n) is 11.1. The highest BCUT2D eigenvalue weighted by atomic mass is 35.5. The summed E-state index contributed by atoms with van der Waals surface area (Å²) in [5.74, 6) is -0.585. The SMILES string of the molecule is CC(C)C(O)CC(=O)Nc1ccc(OC(F)F)c(Cl)c1. The molecule has 0 aliphatic heterocycles. The van der Waals surface area contributed by atoms with Crippen LogP contribution in [-0.4, -0.2) is 23.7 Å². The first-order valence-electron chi connectivity index (χ1n) is 6.02. The number of rotatable bonds is 6. The van der Waals surface area contributed by atoms with E-state index in [1.165, 1.54) is 18.2 Å². The molecule has 1 atom stereocenters. The number of alkyl halides is 2. The van der Waals surface area contributed by atoms with Gasteiger partial charge in [0.15, 0.2) is 0 Å². The average molecular weight is 308 g/mol. The lowest BCUT2D eigenvalue weighted by Crippen LogP contribution is -2.23. The number of carbonyl (C=O) groups is 1. The van der Waals surface area contributed by atoms with Crippen LogP contribution in [0.3, 0.4) is 0 Å². The van der Waals surface area contributed by atoms with Crippen molar-refractivity contribution >= 4 is 23.2 Å². The van der Waals surface area contributed by atoms with E-state index >= 15 is 0 Å². The maximum Gasteiger partial charge on any atom is 0.387 e. The summed E-state index contributed by atoms with van der Waals surface area (Å²) in [5.41, 5.74) is 0.345. The van der Waals surface area contributed by atoms with Gasteiger partial charge in [-0.05, 0) is 24.1 Å². The van der Waals surface area contributed by atoms with Crippen molar-refractivity contribution in [3.63, 3.8) is 0 Å². The molecule has 7 heteroatoms. The van der Waals surface area contributed by atoms with E-state index in [9.17, 15) is 18.7 Å². The predicted octanol–water partition coefficient (Wildman–Crippen LogP) is 3.29. The fourth-order valence-electron chi connectivity index (χ4n) is 1.41. The normalized spacial score (nSPS) is 12.6. The lowest BCUT2D eigenvalue weighted by Gasteiger charge is -2.14. The number of nitrogens with one attached hydrogen (secondary N) is 1. The van der Waals surface area contributed by atoms with E-state index in [0.29, 0.717) is 5.69 Å². The Bertz CT molecular complexity index is 469. The Morgan fingerprint density at radius 1 is 1.45 bits per heavy atom. The first kappa shape index (κ1) is 16.7. The van der Waals surface area contributed by atoms with Crippen LogP contribution in [0.2, 0.25) is 5.02 Å². The smallest absolute Gasteiger partial charge is 0.387 e. The highest BCUT2D eigenvalue weighted by molar-refractivity contribution is 6.32. The standard InChI is InChI=1S/C13H16ClF2NO3/c1-7(2)10(18)6-12(19)17-8-3-4-11(9(14)5-8)20-13(15)16/h3-5,7,10,13,18H,6H2,1-2H3,(H,17,19). The number of ether oxygens (including phenoxy) is 1. The molecule has 0 saturated carbocycles. The molecule has 0 aromatic heterocycles. The maximum atomic E-state index is 12.1. The predicted molar refractivity (Wildman–Crippen MR) is 72.2 cm³/mol. The number of halogens is 3. The van der Waals surface area contributed by atoms with Gasteiger partial charge in [0.25, 0.3) is 0 Å². The molecule has 0 aliphatic carbocycles. The van der Waals surface area contributed by atoms with Crippen molar-refractivity contribution in [1.29, 1.82) is 0 Å². The second-order valence-corrected chi connectivity index (χ2v) is 4.99. The minimum atomic E-state index is -2.96. The number of hydrogen-bond acceptors (Lipinski definition) is 3. The van der Waals surface area contributed by atoms with Crippen LogP contribution in [-0.2, 0) is 4.79 Å². The summed E-state index contributed by atoms with van der Waals surface area (Å²) < 4.78 is 28.3. The van der Waals surface area contributed by atoms with E-state index in [4.69, 9.17) is 11.6 Å². The summed E-state index contributed by atoms with van der Waals surface area (Å²) in [7, 11) is 0. The summed E-state index contributed by atoms with van der Waals surface area (Å²) in [4.78, 5) is 11.6. The molecular formula is C13H16ClF2NO3. The number of hydrogen-bond donors (Lipinski definition) is 2. The molecule has 1 aromatic rings. The van der Waals surface area contributed by atoms with E-state index in [-0.39, 0.29) is 29.0 Å². The van der Waals surface area contributed by atoms with Crippen molar-refractivity contribution in [3.05, 3.63) is 23.2 Å². The molecule has 20 heavy (non-hydrogen) atoms. The molecule has 0 fully saturated rings. The zero-order valence-corrected chi connectivity index (χ0v) is 11.8. The second kappa shape index (κ2) is 7.40. The van der Waals surface area contributed by atoms with E-state index in [0.717, 1.165) is 0 Å². The maximum absolute atomic E-state index is 12.1. The molecule has 0 aliphatic rings. The van der Waals surface area contributed by atoms with Gasteiger partial charge in [-0.1, -0.05) is 25.4 Å². The molecule has 4 nitrogen and oxygen atoms in total. The molecule has 2 N–H and O–H groups in total. The fraction of sp³-hybridized carbons (Fsp3) is 0.462. The summed E-state index contributed by atoms with van der Waals surface area (Å²) >= 11 is 5.75. The Labute approximate surface area is 120 Å². The number of carbonyl (C=O) groups excluding carboxylic acids is 1. The fourth-order valence-corrected chi connectivity index (χ4v) is 1.63. The van der Waals surface area contributed by atoms with Crippen LogP contribution in [0.1, 0.15) is 20.3 Å². The molecule has 0 bridgehead atoms. The Balaban J connectivity index is 2.65. The lowest BCUT2D eigenvalue weighted by molar-refractivity contribution is -0.118. The molecule has 1 unspecified atom stereocenters. The van der Waals surface area contributed by atoms with E-state index in [2.05, 4.69) is 10.1 Å². The van der Waals surface area contributed by atoms with Crippen LogP contribution in [0.5, 0.6) is 5.75 Å². The van der Waals surface area contributed by atoms with Gasteiger partial charge in [-0.3, -0.25) is 4.79 Å². The van der Waals surface area contributed by atoms with Gasteiger partial charge < -0.3 is 15.2 Å². The van der Waals surface area contributed by atoms with Gasteiger partial charge in [0.1, 0.15) is 5.75 Å². The van der Waals surface area contributed by atoms with Gasteiger partial charge >= 0.3 is 6.61 Å². The Morgan fingerprint density at radius 2 is 2.10 bits per heavy atom. The summed E-state index contributed by atoms with van der Waals surface area (Å²) in [6, 6.07) is 3.94. The van der Waals surface area contributed by atoms with Crippen LogP contribution >= 0.6 is 11.6 Å². The lowest BCUT2D eigenvalue weighted by atomic mass is 10.0. The van der Waals surface area contributed by atoms with Gasteiger partial charge in [0, 0.05) is 5.69 Å². The highest BCUT2D eigenvalue weighted by Gasteiger charge is 2.15. The van der Waals surface area contributed by atoms with E-state index in [1.54, 1.807) is 13.8 Å². The zero-order chi connectivity index (χ0) is 15.3. The third kappa shape index (κ3) is 5.30. The first-order chi connectivity index (χ1) is 9.29. The quantitative estimate of drug-likeness (QED) is 0.848. The number of aliphatic hydroxyl groups excluding tert-OH is 1. The second-order valence-electron chi connectivity index (χ2n) is 4.59. The van der Waals surface area contributed by atoms with Crippen molar-refractivity contribution in [3.8, 4) is 5.75 Å². The van der Waals surface area contributed by atoms with Crippen molar-refractivity contribution < 1.29 is 23.4 Å². The van der Waals surface area contributed by atoms with Gasteiger partial charge in [-0.15, -0.1) is 0 Å². The van der Waals surface area contributed by atoms with Crippen molar-refractivity contribution in [2.24, 2.45) is 5.92 Å². The van der Waals surface area contributed by atoms with Gasteiger partial charge in [-0.2, -0.15) is 8.78 Å². The van der Waals surface area contributed by atoms with Gasteiger partial charge in [0.05, 0.1) is 17.5 Å². The molecule has 112 valence electrons. The summed E-state index contributed by atoms with van der Waals surface area (Å²) in [6.07, 6.45) is -0.795. The molecule has 1 amide bonds. The Morgan fingerprint density at radius 3 is 2.60 bits per heavy atom. The van der Waals surface area contributed by atoms with Crippen molar-refractivity contribution in [2.75, 3.05) is 5.32 Å². The number of anilines is 1. The Hall–Kier alpha value is -1.40. The van der Waals surface area contributed by atoms with Crippen LogP contribution in [0.25, 0.3) is 0 Å². The topological polar surface area (TPSA) is 58.6 Å². The molecule has 0 saturated heterocycles. The molecule has 0 spiro atoms. The number of amides is 1. The third-order valence-corrected chi connectivity index (χ3v) is 2.89. The largest absolute Gasteiger partial charge is 0.433 e. The van der Waals surface area contributed by atoms with E-state index < -0.39 is 12.7 Å². The monoisotopic (exact) mass is 307 g/mol. The minimum Gasteiger partial charge on any atom is -0.433 e. The van der Waals surface area contributed by atoms with Gasteiger partial charge in [0.2, 0.25) is 5.91 Å². The van der Waals surface area contributed by atoms with Crippen molar-refractivity contribution in [2.45, 2.75) is 33.0 Å². The summed E-state index contributed by atoms with van der Waals surface area (Å²) in [5, 5.41) is 12.1. The van der Waals surface area contributed by atoms with Crippen LogP contribution in [0, 0.1) is 5.92 Å². The molecular weight excluding hydrogens is 292 g/mol. The molecule has 1 rings (SSSR count).